The number of allylic oxidation sites excluding steroid dienone is 8. The van der Waals surface area contributed by atoms with E-state index in [0.29, 0.717) is 32.5 Å². The summed E-state index contributed by atoms with van der Waals surface area (Å²) in [5, 5.41) is -0.203. The molecule has 2 unspecified atom stereocenters. The van der Waals surface area contributed by atoms with Gasteiger partial charge in [-0.05, 0) is 83.5 Å². The van der Waals surface area contributed by atoms with Crippen molar-refractivity contribution in [2.45, 2.75) is 147 Å². The Morgan fingerprint density at radius 2 is 1.49 bits per heavy atom. The number of halogens is 1. The summed E-state index contributed by atoms with van der Waals surface area (Å²) in [4.78, 5) is 40.5. The van der Waals surface area contributed by atoms with Crippen molar-refractivity contribution >= 4 is 17.6 Å². The van der Waals surface area contributed by atoms with Gasteiger partial charge in [0.1, 0.15) is 17.2 Å². The van der Waals surface area contributed by atoms with Crippen LogP contribution in [0.4, 0.5) is 0 Å². The summed E-state index contributed by atoms with van der Waals surface area (Å²) in [5.74, 6) is -0.455. The van der Waals surface area contributed by atoms with E-state index in [4.69, 9.17) is 40.0 Å². The second-order valence-electron chi connectivity index (χ2n) is 13.2. The molecule has 3 saturated heterocycles. The van der Waals surface area contributed by atoms with Crippen molar-refractivity contribution in [1.29, 1.82) is 0 Å². The fourth-order valence-electron chi connectivity index (χ4n) is 6.18. The number of nitrogens with zero attached hydrogens (tertiary/aromatic N) is 1. The number of carbonyl (C=O) groups is 1. The van der Waals surface area contributed by atoms with Crippen molar-refractivity contribution in [1.82, 2.24) is 9.55 Å². The molecular weight excluding hydrogens is 676 g/mol. The third-order valence-corrected chi connectivity index (χ3v) is 9.26. The van der Waals surface area contributed by atoms with E-state index in [2.05, 4.69) is 60.5 Å². The van der Waals surface area contributed by atoms with E-state index >= 15 is 0 Å². The molecule has 1 aromatic rings. The number of rotatable bonds is 21. The van der Waals surface area contributed by atoms with Crippen LogP contribution in [0.25, 0.3) is 0 Å². The second-order valence-corrected chi connectivity index (χ2v) is 13.6. The van der Waals surface area contributed by atoms with Gasteiger partial charge >= 0.3 is 11.7 Å². The molecule has 0 radical (unpaired) electrons. The zero-order valence-electron chi connectivity index (χ0n) is 30.1. The minimum atomic E-state index is -1.13. The lowest BCUT2D eigenvalue weighted by molar-refractivity contribution is -0.225. The van der Waals surface area contributed by atoms with E-state index in [0.717, 1.165) is 55.9 Å². The SMILES string of the molecule is CCCCCC=CCC=CCC=CCC=CCCCC(=O)O[C@@H]1[C@H](OC2CCCCO2)[C@@H](COC2CCCCO2)O[C@H]1n1cc(Cl)c(=O)[nH]c1=O. The Hall–Kier alpha value is -2.80. The summed E-state index contributed by atoms with van der Waals surface area (Å²) in [7, 11) is 0. The summed E-state index contributed by atoms with van der Waals surface area (Å²) >= 11 is 6.12. The molecule has 284 valence electrons. The van der Waals surface area contributed by atoms with Gasteiger partial charge in [0.05, 0.1) is 6.61 Å². The zero-order chi connectivity index (χ0) is 36.1. The van der Waals surface area contributed by atoms with Crippen molar-refractivity contribution < 1.29 is 33.2 Å². The molecule has 4 heterocycles. The number of hydrogen-bond donors (Lipinski definition) is 1. The Bertz CT molecular complexity index is 1390. The van der Waals surface area contributed by atoms with E-state index in [-0.39, 0.29) is 18.1 Å². The molecule has 4 rings (SSSR count). The Balaban J connectivity index is 1.31. The molecule has 1 aromatic heterocycles. The van der Waals surface area contributed by atoms with E-state index in [9.17, 15) is 14.4 Å². The molecule has 3 aliphatic heterocycles. The summed E-state index contributed by atoms with van der Waals surface area (Å²) in [5.41, 5.74) is -1.47. The molecule has 0 amide bonds. The van der Waals surface area contributed by atoms with Crippen LogP contribution < -0.4 is 11.2 Å². The van der Waals surface area contributed by atoms with Crippen LogP contribution in [0.15, 0.2) is 64.4 Å². The Labute approximate surface area is 307 Å². The number of H-pyrrole nitrogens is 1. The van der Waals surface area contributed by atoms with Crippen molar-refractivity contribution in [3.8, 4) is 0 Å². The van der Waals surface area contributed by atoms with Gasteiger partial charge in [0.2, 0.25) is 0 Å². The molecule has 6 atom stereocenters. The number of carbonyl (C=O) groups excluding carboxylic acids is 1. The Morgan fingerprint density at radius 3 is 2.12 bits per heavy atom. The first kappa shape index (κ1) is 41.0. The van der Waals surface area contributed by atoms with Gasteiger partial charge in [0.15, 0.2) is 24.9 Å². The molecule has 0 bridgehead atoms. The molecule has 0 spiro atoms. The van der Waals surface area contributed by atoms with Gasteiger partial charge in [0, 0.05) is 25.8 Å². The van der Waals surface area contributed by atoms with Crippen LogP contribution >= 0.6 is 11.6 Å². The van der Waals surface area contributed by atoms with Crippen LogP contribution in [0, 0.1) is 0 Å². The molecule has 0 saturated carbocycles. The minimum Gasteiger partial charge on any atom is -0.455 e. The van der Waals surface area contributed by atoms with Crippen molar-refractivity contribution in [2.24, 2.45) is 0 Å². The second kappa shape index (κ2) is 23.7. The Kier molecular flexibility index (Phi) is 19.0. The standard InChI is InChI=1S/C39H57ClN2O9/c1-2-3-4-5-6-7-8-9-10-11-12-13-14-15-16-17-18-23-32(43)50-36-35(51-34-25-20-22-27-47-34)31(29-48-33-24-19-21-26-46-33)49-38(36)42-28-30(40)37(44)41-39(42)45/h6-7,9-10,12-13,15-16,28,31,33-36,38H,2-5,8,11,14,17-27,29H2,1H3,(H,41,44,45)/t31-,33?,34?,35-,36-,38-/m1/s1. The zero-order valence-corrected chi connectivity index (χ0v) is 30.9. The van der Waals surface area contributed by atoms with Crippen molar-refractivity contribution in [3.63, 3.8) is 0 Å². The Morgan fingerprint density at radius 1 is 0.863 bits per heavy atom. The van der Waals surface area contributed by atoms with Gasteiger partial charge in [-0.1, -0.05) is 80.0 Å². The lowest BCUT2D eigenvalue weighted by atomic mass is 10.1. The molecule has 0 aliphatic carbocycles. The predicted octanol–water partition coefficient (Wildman–Crippen LogP) is 7.60. The maximum atomic E-state index is 13.3. The quantitative estimate of drug-likeness (QED) is 0.0772. The highest BCUT2D eigenvalue weighted by molar-refractivity contribution is 6.30. The molecule has 1 N–H and O–H groups in total. The number of hydrogen-bond acceptors (Lipinski definition) is 9. The van der Waals surface area contributed by atoms with E-state index in [1.165, 1.54) is 31.9 Å². The molecule has 3 aliphatic rings. The van der Waals surface area contributed by atoms with Gasteiger partial charge in [-0.2, -0.15) is 0 Å². The van der Waals surface area contributed by atoms with E-state index in [1.807, 2.05) is 0 Å². The van der Waals surface area contributed by atoms with Gasteiger partial charge < -0.3 is 28.4 Å². The number of esters is 1. The fraction of sp³-hybridized carbons (Fsp3) is 0.667. The fourth-order valence-corrected chi connectivity index (χ4v) is 6.33. The highest BCUT2D eigenvalue weighted by atomic mass is 35.5. The highest BCUT2D eigenvalue weighted by Gasteiger charge is 2.51. The van der Waals surface area contributed by atoms with Gasteiger partial charge in [-0.3, -0.25) is 19.1 Å². The monoisotopic (exact) mass is 732 g/mol. The first-order valence-electron chi connectivity index (χ1n) is 18.9. The van der Waals surface area contributed by atoms with Gasteiger partial charge in [0.25, 0.3) is 5.56 Å². The van der Waals surface area contributed by atoms with Crippen LogP contribution in [0.1, 0.15) is 116 Å². The van der Waals surface area contributed by atoms with Crippen LogP contribution in [0.5, 0.6) is 0 Å². The van der Waals surface area contributed by atoms with Gasteiger partial charge in [-0.15, -0.1) is 0 Å². The summed E-state index contributed by atoms with van der Waals surface area (Å²) in [6, 6.07) is 0. The molecule has 0 aromatic carbocycles. The number of ether oxygens (including phenoxy) is 6. The molecule has 12 heteroatoms. The predicted molar refractivity (Wildman–Crippen MR) is 197 cm³/mol. The van der Waals surface area contributed by atoms with Crippen LogP contribution in [0.3, 0.4) is 0 Å². The van der Waals surface area contributed by atoms with Crippen molar-refractivity contribution in [2.75, 3.05) is 19.8 Å². The maximum absolute atomic E-state index is 13.3. The first-order valence-corrected chi connectivity index (χ1v) is 19.3. The average Bonchev–Trinajstić information content (AvgIpc) is 3.46. The van der Waals surface area contributed by atoms with Crippen molar-refractivity contribution in [3.05, 3.63) is 80.7 Å². The lowest BCUT2D eigenvalue weighted by Gasteiger charge is -2.31. The lowest BCUT2D eigenvalue weighted by Crippen LogP contribution is -2.44. The third kappa shape index (κ3) is 14.6. The normalized spacial score (nSPS) is 25.9. The largest absolute Gasteiger partial charge is 0.455 e. The number of unbranched alkanes of at least 4 members (excludes halogenated alkanes) is 4. The summed E-state index contributed by atoms with van der Waals surface area (Å²) in [6.07, 6.45) is 28.3. The maximum Gasteiger partial charge on any atom is 0.330 e. The smallest absolute Gasteiger partial charge is 0.330 e. The van der Waals surface area contributed by atoms with E-state index < -0.39 is 54.3 Å². The minimum absolute atomic E-state index is 0.0739. The number of nitrogens with one attached hydrogen (secondary N) is 1. The highest BCUT2D eigenvalue weighted by Crippen LogP contribution is 2.36. The number of aromatic nitrogens is 2. The summed E-state index contributed by atoms with van der Waals surface area (Å²) < 4.78 is 37.6. The van der Waals surface area contributed by atoms with E-state index in [1.54, 1.807) is 0 Å². The molecular formula is C39H57ClN2O9. The molecule has 51 heavy (non-hydrogen) atoms. The molecule has 11 nitrogen and oxygen atoms in total. The first-order chi connectivity index (χ1) is 25.0. The average molecular weight is 733 g/mol. The van der Waals surface area contributed by atoms with Crippen LogP contribution in [0.2, 0.25) is 5.02 Å². The third-order valence-electron chi connectivity index (χ3n) is 8.99. The van der Waals surface area contributed by atoms with Crippen LogP contribution in [-0.4, -0.2) is 66.2 Å². The number of aromatic amines is 1. The topological polar surface area (TPSA) is 127 Å². The summed E-state index contributed by atoms with van der Waals surface area (Å²) in [6.45, 7) is 3.46. The molecule has 3 fully saturated rings. The van der Waals surface area contributed by atoms with Gasteiger partial charge in [-0.25, -0.2) is 4.79 Å². The van der Waals surface area contributed by atoms with Crippen LogP contribution in [-0.2, 0) is 33.2 Å².